The Kier molecular flexibility index (Phi) is 4.91. The van der Waals surface area contributed by atoms with Crippen LogP contribution < -0.4 is 10.2 Å². The van der Waals surface area contributed by atoms with Gasteiger partial charge in [-0.05, 0) is 5.57 Å². The summed E-state index contributed by atoms with van der Waals surface area (Å²) < 4.78 is 0. The molecule has 0 unspecified atom stereocenters. The molecule has 4 nitrogen and oxygen atoms in total. The van der Waals surface area contributed by atoms with E-state index in [1.165, 1.54) is 0 Å². The number of aliphatic carboxylic acids is 2. The average molecular weight is 272 g/mol. The Morgan fingerprint density at radius 3 is 1.41 bits per heavy atom. The van der Waals surface area contributed by atoms with Gasteiger partial charge in [-0.15, -0.1) is 0 Å². The molecule has 0 N–H and O–H groups in total. The maximum Gasteiger partial charge on any atom is 0.0686 e. The van der Waals surface area contributed by atoms with Gasteiger partial charge in [0.05, 0.1) is 22.1 Å². The third-order valence-electron chi connectivity index (χ3n) is 2.37. The third-order valence-corrected chi connectivity index (χ3v) is 10.5. The van der Waals surface area contributed by atoms with Gasteiger partial charge in [-0.25, -0.2) is 0 Å². The Morgan fingerprint density at radius 2 is 1.24 bits per heavy atom. The first-order chi connectivity index (χ1) is 7.37. The fourth-order valence-electron chi connectivity index (χ4n) is 2.44. The minimum absolute atomic E-state index is 0.0525. The fraction of sp³-hybridized carbons (Fsp3) is 0.636. The highest BCUT2D eigenvalue weighted by molar-refractivity contribution is 7.05. The monoisotopic (exact) mass is 272 g/mol. The molecular weight excluding hydrogens is 252 g/mol. The van der Waals surface area contributed by atoms with Crippen molar-refractivity contribution in [2.24, 2.45) is 0 Å². The number of carbonyl (C=O) groups excluding carboxylic acids is 2. The molecule has 0 saturated carbocycles. The molecule has 0 amide bonds. The highest BCUT2D eigenvalue weighted by atomic mass is 28.4. The van der Waals surface area contributed by atoms with Crippen molar-refractivity contribution in [2.45, 2.75) is 45.7 Å². The molecule has 0 atom stereocenters. The second-order valence-corrected chi connectivity index (χ2v) is 16.7. The van der Waals surface area contributed by atoms with Crippen molar-refractivity contribution < 1.29 is 19.8 Å². The summed E-state index contributed by atoms with van der Waals surface area (Å²) in [6.07, 6.45) is -0.549. The van der Waals surface area contributed by atoms with Gasteiger partial charge in [-0.3, -0.25) is 0 Å². The zero-order valence-corrected chi connectivity index (χ0v) is 13.3. The number of hydrogen-bond donors (Lipinski definition) is 0. The lowest BCUT2D eigenvalue weighted by atomic mass is 10.2. The zero-order valence-electron chi connectivity index (χ0n) is 11.3. The molecule has 0 saturated heterocycles. The van der Waals surface area contributed by atoms with Crippen LogP contribution in [0, 0.1) is 0 Å². The van der Waals surface area contributed by atoms with E-state index < -0.39 is 34.5 Å². The molecule has 0 fully saturated rings. The van der Waals surface area contributed by atoms with Gasteiger partial charge in [0.1, 0.15) is 0 Å². The summed E-state index contributed by atoms with van der Waals surface area (Å²) in [7, 11) is -3.77. The van der Waals surface area contributed by atoms with Crippen LogP contribution in [0.2, 0.25) is 39.3 Å². The van der Waals surface area contributed by atoms with Crippen LogP contribution in [-0.2, 0) is 9.59 Å². The second-order valence-electron chi connectivity index (χ2n) is 6.19. The predicted molar refractivity (Wildman–Crippen MR) is 68.3 cm³/mol. The molecule has 0 aliphatic carbocycles. The van der Waals surface area contributed by atoms with Crippen molar-refractivity contribution in [2.75, 3.05) is 0 Å². The first-order valence-electron chi connectivity index (χ1n) is 5.52. The SMILES string of the molecule is C[Si](C)(C)C(=C(CC(=O)[O-])C(=O)[O-])[Si](C)(C)C. The Morgan fingerprint density at radius 1 is 0.882 bits per heavy atom. The Labute approximate surface area is 104 Å². The molecule has 0 aliphatic rings. The van der Waals surface area contributed by atoms with Gasteiger partial charge in [0.25, 0.3) is 0 Å². The summed E-state index contributed by atoms with van der Waals surface area (Å²) in [6, 6.07) is 0. The highest BCUT2D eigenvalue weighted by Crippen LogP contribution is 2.29. The molecule has 0 aromatic carbocycles. The first-order valence-corrected chi connectivity index (χ1v) is 12.5. The summed E-state index contributed by atoms with van der Waals surface area (Å²) in [5, 5.41) is 21.8. The van der Waals surface area contributed by atoms with Gasteiger partial charge in [0, 0.05) is 12.4 Å². The van der Waals surface area contributed by atoms with Gasteiger partial charge in [0.15, 0.2) is 0 Å². The van der Waals surface area contributed by atoms with Crippen LogP contribution in [-0.4, -0.2) is 28.1 Å². The predicted octanol–water partition coefficient (Wildman–Crippen LogP) is -0.0723. The van der Waals surface area contributed by atoms with Crippen LogP contribution in [0.15, 0.2) is 10.4 Å². The maximum atomic E-state index is 11.2. The second kappa shape index (κ2) is 5.18. The van der Waals surface area contributed by atoms with Crippen LogP contribution in [0.1, 0.15) is 6.42 Å². The topological polar surface area (TPSA) is 80.3 Å². The molecule has 0 aromatic rings. The van der Waals surface area contributed by atoms with Gasteiger partial charge in [0.2, 0.25) is 0 Å². The molecule has 0 spiro atoms. The molecule has 0 heterocycles. The largest absolute Gasteiger partial charge is 0.550 e. The van der Waals surface area contributed by atoms with Crippen LogP contribution in [0.3, 0.4) is 0 Å². The van der Waals surface area contributed by atoms with Crippen molar-refractivity contribution in [3.8, 4) is 0 Å². The minimum atomic E-state index is -1.89. The van der Waals surface area contributed by atoms with E-state index in [-0.39, 0.29) is 5.57 Å². The molecule has 98 valence electrons. The lowest BCUT2D eigenvalue weighted by Crippen LogP contribution is -2.45. The lowest BCUT2D eigenvalue weighted by molar-refractivity contribution is -0.309. The van der Waals surface area contributed by atoms with E-state index in [1.807, 2.05) is 39.3 Å². The summed E-state index contributed by atoms with van der Waals surface area (Å²) >= 11 is 0. The zero-order chi connectivity index (χ0) is 14.0. The summed E-state index contributed by atoms with van der Waals surface area (Å²) in [5.74, 6) is -2.73. The number of carboxylic acid groups (broad SMARTS) is 2. The highest BCUT2D eigenvalue weighted by Gasteiger charge is 2.33. The number of rotatable bonds is 5. The smallest absolute Gasteiger partial charge is 0.0686 e. The quantitative estimate of drug-likeness (QED) is 0.518. The van der Waals surface area contributed by atoms with Crippen molar-refractivity contribution >= 4 is 28.1 Å². The van der Waals surface area contributed by atoms with Crippen molar-refractivity contribution in [1.29, 1.82) is 0 Å². The number of carboxylic acids is 2. The van der Waals surface area contributed by atoms with E-state index in [4.69, 9.17) is 0 Å². The van der Waals surface area contributed by atoms with Crippen LogP contribution in [0.4, 0.5) is 0 Å². The number of carbonyl (C=O) groups is 2. The Balaban J connectivity index is 5.94. The van der Waals surface area contributed by atoms with Crippen molar-refractivity contribution in [3.63, 3.8) is 0 Å². The van der Waals surface area contributed by atoms with Crippen LogP contribution in [0.25, 0.3) is 0 Å². The van der Waals surface area contributed by atoms with Crippen molar-refractivity contribution in [3.05, 3.63) is 10.4 Å². The van der Waals surface area contributed by atoms with E-state index in [9.17, 15) is 19.8 Å². The molecule has 0 aromatic heterocycles. The number of hydrogen-bond acceptors (Lipinski definition) is 4. The molecule has 0 radical (unpaired) electrons. The molecule has 0 aliphatic heterocycles. The van der Waals surface area contributed by atoms with Crippen LogP contribution in [0.5, 0.6) is 0 Å². The van der Waals surface area contributed by atoms with E-state index in [0.29, 0.717) is 0 Å². The molecular formula is C11H20O4Si2-2. The third kappa shape index (κ3) is 4.87. The van der Waals surface area contributed by atoms with E-state index in [1.54, 1.807) is 0 Å². The van der Waals surface area contributed by atoms with E-state index >= 15 is 0 Å². The van der Waals surface area contributed by atoms with Gasteiger partial charge in [-0.2, -0.15) is 0 Å². The first kappa shape index (κ1) is 16.1. The molecule has 6 heteroatoms. The Bertz CT molecular complexity index is 343. The van der Waals surface area contributed by atoms with Gasteiger partial charge >= 0.3 is 0 Å². The summed E-state index contributed by atoms with van der Waals surface area (Å²) in [5.41, 5.74) is -0.0525. The summed E-state index contributed by atoms with van der Waals surface area (Å²) in [6.45, 7) is 12.2. The van der Waals surface area contributed by atoms with E-state index in [0.717, 1.165) is 4.82 Å². The van der Waals surface area contributed by atoms with E-state index in [2.05, 4.69) is 0 Å². The molecule has 0 bridgehead atoms. The minimum Gasteiger partial charge on any atom is -0.550 e. The van der Waals surface area contributed by atoms with Crippen molar-refractivity contribution in [1.82, 2.24) is 0 Å². The standard InChI is InChI=1S/C11H22O4Si2/c1-16(2,3)11(17(4,5)6)8(10(14)15)7-9(12)13/h7H2,1-6H3,(H,12,13)(H,14,15)/p-2. The maximum absolute atomic E-state index is 11.2. The van der Waals surface area contributed by atoms with Gasteiger partial charge in [-0.1, -0.05) is 44.1 Å². The lowest BCUT2D eigenvalue weighted by Gasteiger charge is -2.35. The summed E-state index contributed by atoms with van der Waals surface area (Å²) in [4.78, 5) is 22.7. The normalized spacial score (nSPS) is 12.1. The Hall–Kier alpha value is -0.886. The molecule has 0 rings (SSSR count). The molecule has 17 heavy (non-hydrogen) atoms. The average Bonchev–Trinajstić information content (AvgIpc) is 1.95. The van der Waals surface area contributed by atoms with Crippen LogP contribution >= 0.6 is 0 Å². The fourth-order valence-corrected chi connectivity index (χ4v) is 13.6. The van der Waals surface area contributed by atoms with Gasteiger partial charge < -0.3 is 19.8 Å².